The Morgan fingerprint density at radius 2 is 2.24 bits per heavy atom. The van der Waals surface area contributed by atoms with Crippen LogP contribution in [0.1, 0.15) is 12.0 Å². The van der Waals surface area contributed by atoms with E-state index in [1.165, 1.54) is 11.3 Å². The maximum atomic E-state index is 9.50. The Hall–Kier alpha value is -1.06. The highest BCUT2D eigenvalue weighted by atomic mass is 16.3. The van der Waals surface area contributed by atoms with Crippen molar-refractivity contribution in [2.45, 2.75) is 18.9 Å². The Balaban J connectivity index is 1.85. The summed E-state index contributed by atoms with van der Waals surface area (Å²) in [7, 11) is 0. The third-order valence-corrected chi connectivity index (χ3v) is 4.13. The van der Waals surface area contributed by atoms with E-state index in [9.17, 15) is 5.11 Å². The molecule has 0 amide bonds. The Morgan fingerprint density at radius 3 is 3.12 bits per heavy atom. The van der Waals surface area contributed by atoms with E-state index >= 15 is 0 Å². The Bertz CT molecular complexity index is 394. The van der Waals surface area contributed by atoms with E-state index in [1.807, 2.05) is 0 Å². The van der Waals surface area contributed by atoms with Gasteiger partial charge < -0.3 is 15.3 Å². The number of hydrogen-bond acceptors (Lipinski definition) is 3. The Kier molecular flexibility index (Phi) is 3.04. The van der Waals surface area contributed by atoms with E-state index in [-0.39, 0.29) is 6.61 Å². The fraction of sp³-hybridized carbons (Fsp3) is 0.571. The smallest absolute Gasteiger partial charge is 0.0491 e. The van der Waals surface area contributed by atoms with Gasteiger partial charge in [-0.15, -0.1) is 0 Å². The standard InChI is InChI=1S/C14H20N2O/c17-10-12-9-15-7-5-14(12)16-8-6-11-3-1-2-4-13(11)16/h1-4,12,14-15,17H,5-10H2/t12-,14+/m0/s1. The number of nitrogens with one attached hydrogen (secondary N) is 1. The quantitative estimate of drug-likeness (QED) is 0.799. The summed E-state index contributed by atoms with van der Waals surface area (Å²) in [6.45, 7) is 3.41. The first-order valence-electron chi connectivity index (χ1n) is 6.56. The van der Waals surface area contributed by atoms with Gasteiger partial charge in [-0.1, -0.05) is 18.2 Å². The SMILES string of the molecule is OC[C@@H]1CNCC[C@H]1N1CCc2ccccc21. The minimum atomic E-state index is 0.288. The van der Waals surface area contributed by atoms with Crippen LogP contribution in [0.2, 0.25) is 0 Å². The van der Waals surface area contributed by atoms with Crippen LogP contribution in [0.3, 0.4) is 0 Å². The number of piperidine rings is 1. The maximum absolute atomic E-state index is 9.50. The molecule has 3 heteroatoms. The van der Waals surface area contributed by atoms with Crippen molar-refractivity contribution in [3.8, 4) is 0 Å². The van der Waals surface area contributed by atoms with Crippen molar-refractivity contribution in [2.24, 2.45) is 5.92 Å². The number of nitrogens with zero attached hydrogens (tertiary/aromatic N) is 1. The van der Waals surface area contributed by atoms with Crippen LogP contribution in [0, 0.1) is 5.92 Å². The van der Waals surface area contributed by atoms with Crippen LogP contribution in [0.5, 0.6) is 0 Å². The number of aliphatic hydroxyl groups excluding tert-OH is 1. The van der Waals surface area contributed by atoms with Gasteiger partial charge in [0, 0.05) is 37.3 Å². The van der Waals surface area contributed by atoms with Gasteiger partial charge in [-0.25, -0.2) is 0 Å². The number of aliphatic hydroxyl groups is 1. The molecule has 0 radical (unpaired) electrons. The highest BCUT2D eigenvalue weighted by Crippen LogP contribution is 2.32. The zero-order valence-electron chi connectivity index (χ0n) is 10.1. The van der Waals surface area contributed by atoms with Crippen molar-refractivity contribution in [3.63, 3.8) is 0 Å². The molecular weight excluding hydrogens is 212 g/mol. The minimum absolute atomic E-state index is 0.288. The number of anilines is 1. The van der Waals surface area contributed by atoms with Crippen molar-refractivity contribution < 1.29 is 5.11 Å². The predicted octanol–water partition coefficient (Wildman–Crippen LogP) is 1.02. The van der Waals surface area contributed by atoms with Crippen LogP contribution in [-0.4, -0.2) is 37.4 Å². The lowest BCUT2D eigenvalue weighted by atomic mass is 9.92. The van der Waals surface area contributed by atoms with Gasteiger partial charge in [0.1, 0.15) is 0 Å². The van der Waals surface area contributed by atoms with Crippen LogP contribution in [0.4, 0.5) is 5.69 Å². The highest BCUT2D eigenvalue weighted by molar-refractivity contribution is 5.58. The summed E-state index contributed by atoms with van der Waals surface area (Å²) >= 11 is 0. The number of para-hydroxylation sites is 1. The van der Waals surface area contributed by atoms with E-state index in [0.717, 1.165) is 32.5 Å². The van der Waals surface area contributed by atoms with Gasteiger partial charge in [0.05, 0.1) is 0 Å². The van der Waals surface area contributed by atoms with Gasteiger partial charge in [-0.05, 0) is 31.0 Å². The number of hydrogen-bond donors (Lipinski definition) is 2. The van der Waals surface area contributed by atoms with Gasteiger partial charge in [0.15, 0.2) is 0 Å². The molecule has 2 atom stereocenters. The molecule has 3 nitrogen and oxygen atoms in total. The van der Waals surface area contributed by atoms with E-state index < -0.39 is 0 Å². The monoisotopic (exact) mass is 232 g/mol. The van der Waals surface area contributed by atoms with Gasteiger partial charge >= 0.3 is 0 Å². The first-order valence-corrected chi connectivity index (χ1v) is 6.56. The van der Waals surface area contributed by atoms with Crippen molar-refractivity contribution in [1.82, 2.24) is 5.32 Å². The van der Waals surface area contributed by atoms with Crippen molar-refractivity contribution >= 4 is 5.69 Å². The fourth-order valence-corrected chi connectivity index (χ4v) is 3.21. The molecule has 17 heavy (non-hydrogen) atoms. The summed E-state index contributed by atoms with van der Waals surface area (Å²) < 4.78 is 0. The molecule has 1 aromatic carbocycles. The van der Waals surface area contributed by atoms with Crippen molar-refractivity contribution in [2.75, 3.05) is 31.1 Å². The predicted molar refractivity (Wildman–Crippen MR) is 69.3 cm³/mol. The normalized spacial score (nSPS) is 28.2. The molecule has 2 aliphatic heterocycles. The molecule has 3 rings (SSSR count). The van der Waals surface area contributed by atoms with Crippen LogP contribution in [-0.2, 0) is 6.42 Å². The zero-order valence-corrected chi connectivity index (χ0v) is 10.1. The third-order valence-electron chi connectivity index (χ3n) is 4.13. The van der Waals surface area contributed by atoms with E-state index in [4.69, 9.17) is 0 Å². The summed E-state index contributed by atoms with van der Waals surface area (Å²) in [4.78, 5) is 2.51. The maximum Gasteiger partial charge on any atom is 0.0491 e. The van der Waals surface area contributed by atoms with E-state index in [0.29, 0.717) is 12.0 Å². The molecule has 0 saturated carbocycles. The Labute approximate surface area is 102 Å². The van der Waals surface area contributed by atoms with Crippen LogP contribution >= 0.6 is 0 Å². The average molecular weight is 232 g/mol. The molecule has 0 unspecified atom stereocenters. The molecule has 0 spiro atoms. The van der Waals surface area contributed by atoms with Crippen LogP contribution in [0.15, 0.2) is 24.3 Å². The first kappa shape index (κ1) is 11.1. The van der Waals surface area contributed by atoms with Crippen LogP contribution in [0.25, 0.3) is 0 Å². The highest BCUT2D eigenvalue weighted by Gasteiger charge is 2.32. The molecule has 1 aromatic rings. The average Bonchev–Trinajstić information content (AvgIpc) is 2.82. The molecule has 92 valence electrons. The van der Waals surface area contributed by atoms with Crippen LogP contribution < -0.4 is 10.2 Å². The molecule has 2 N–H and O–H groups in total. The lowest BCUT2D eigenvalue weighted by molar-refractivity contribution is 0.177. The van der Waals surface area contributed by atoms with Gasteiger partial charge in [-0.3, -0.25) is 0 Å². The minimum Gasteiger partial charge on any atom is -0.396 e. The molecule has 1 saturated heterocycles. The van der Waals surface area contributed by atoms with E-state index in [1.54, 1.807) is 0 Å². The zero-order chi connectivity index (χ0) is 11.7. The number of fused-ring (bicyclic) bond motifs is 1. The largest absolute Gasteiger partial charge is 0.396 e. The summed E-state index contributed by atoms with van der Waals surface area (Å²) in [5.41, 5.74) is 2.85. The molecule has 1 fully saturated rings. The molecule has 0 bridgehead atoms. The second-order valence-electron chi connectivity index (χ2n) is 5.07. The number of benzene rings is 1. The third kappa shape index (κ3) is 1.94. The molecule has 2 heterocycles. The second kappa shape index (κ2) is 4.67. The van der Waals surface area contributed by atoms with Crippen molar-refractivity contribution in [1.29, 1.82) is 0 Å². The van der Waals surface area contributed by atoms with E-state index in [2.05, 4.69) is 34.5 Å². The van der Waals surface area contributed by atoms with Crippen molar-refractivity contribution in [3.05, 3.63) is 29.8 Å². The molecule has 0 aromatic heterocycles. The van der Waals surface area contributed by atoms with Gasteiger partial charge in [0.2, 0.25) is 0 Å². The summed E-state index contributed by atoms with van der Waals surface area (Å²) in [6, 6.07) is 9.19. The molecular formula is C14H20N2O. The van der Waals surface area contributed by atoms with Gasteiger partial charge in [0.25, 0.3) is 0 Å². The summed E-state index contributed by atoms with van der Waals surface area (Å²) in [5, 5.41) is 12.9. The molecule has 0 aliphatic carbocycles. The number of rotatable bonds is 2. The summed E-state index contributed by atoms with van der Waals surface area (Å²) in [5.74, 6) is 0.370. The van der Waals surface area contributed by atoms with Gasteiger partial charge in [-0.2, -0.15) is 0 Å². The first-order chi connectivity index (χ1) is 8.40. The topological polar surface area (TPSA) is 35.5 Å². The molecule has 2 aliphatic rings. The Morgan fingerprint density at radius 1 is 1.35 bits per heavy atom. The second-order valence-corrected chi connectivity index (χ2v) is 5.07. The lowest BCUT2D eigenvalue weighted by Gasteiger charge is -2.39. The summed E-state index contributed by atoms with van der Waals surface area (Å²) in [6.07, 6.45) is 2.29. The fourth-order valence-electron chi connectivity index (χ4n) is 3.21. The lowest BCUT2D eigenvalue weighted by Crippen LogP contribution is -2.50.